The maximum absolute atomic E-state index is 9.61. The second-order valence-corrected chi connectivity index (χ2v) is 4.83. The molecule has 2 saturated carbocycles. The van der Waals surface area contributed by atoms with Crippen molar-refractivity contribution in [2.45, 2.75) is 39.7 Å². The molecule has 0 aliphatic heterocycles. The number of aliphatic hydroxyl groups is 1. The lowest BCUT2D eigenvalue weighted by Crippen LogP contribution is -2.15. The number of rotatable bonds is 1. The molecule has 0 radical (unpaired) electrons. The molecule has 4 atom stereocenters. The first-order valence-electron chi connectivity index (χ1n) is 4.76. The lowest BCUT2D eigenvalue weighted by atomic mass is 9.89. The molecule has 2 rings (SSSR count). The van der Waals surface area contributed by atoms with Gasteiger partial charge in [0.15, 0.2) is 0 Å². The standard InChI is InChI=1S/C10H18O/c1-6(2)10-4-8(10)7(3)9(11)5-10/h6-9,11H,4-5H2,1-3H3/t7-,8-,9-,10+/m1/s1. The maximum atomic E-state index is 9.61. The summed E-state index contributed by atoms with van der Waals surface area (Å²) in [6.45, 7) is 6.79. The molecular formula is C10H18O. The highest BCUT2D eigenvalue weighted by atomic mass is 16.3. The molecule has 0 bridgehead atoms. The van der Waals surface area contributed by atoms with Gasteiger partial charge in [0.1, 0.15) is 0 Å². The van der Waals surface area contributed by atoms with Gasteiger partial charge in [-0.1, -0.05) is 20.8 Å². The van der Waals surface area contributed by atoms with Crippen LogP contribution in [0.4, 0.5) is 0 Å². The molecule has 1 nitrogen and oxygen atoms in total. The molecule has 0 aromatic carbocycles. The molecule has 0 heterocycles. The predicted molar refractivity (Wildman–Crippen MR) is 45.2 cm³/mol. The summed E-state index contributed by atoms with van der Waals surface area (Å²) in [4.78, 5) is 0. The second-order valence-electron chi connectivity index (χ2n) is 4.83. The molecule has 0 amide bonds. The lowest BCUT2D eigenvalue weighted by molar-refractivity contribution is 0.113. The molecule has 0 saturated heterocycles. The minimum absolute atomic E-state index is 0.00356. The fourth-order valence-electron chi connectivity index (χ4n) is 3.04. The van der Waals surface area contributed by atoms with E-state index in [1.807, 2.05) is 0 Å². The molecule has 0 spiro atoms. The Morgan fingerprint density at radius 2 is 2.00 bits per heavy atom. The average molecular weight is 154 g/mol. The Hall–Kier alpha value is -0.0400. The zero-order valence-electron chi connectivity index (χ0n) is 7.67. The molecule has 0 unspecified atom stereocenters. The van der Waals surface area contributed by atoms with Crippen LogP contribution in [-0.2, 0) is 0 Å². The molecule has 2 aliphatic rings. The first kappa shape index (κ1) is 7.60. The van der Waals surface area contributed by atoms with Crippen molar-refractivity contribution < 1.29 is 5.11 Å². The number of fused-ring (bicyclic) bond motifs is 1. The van der Waals surface area contributed by atoms with Crippen LogP contribution in [0.5, 0.6) is 0 Å². The summed E-state index contributed by atoms with van der Waals surface area (Å²) in [5.74, 6) is 2.18. The predicted octanol–water partition coefficient (Wildman–Crippen LogP) is 2.05. The van der Waals surface area contributed by atoms with E-state index < -0.39 is 0 Å². The van der Waals surface area contributed by atoms with Crippen molar-refractivity contribution in [2.75, 3.05) is 0 Å². The zero-order valence-corrected chi connectivity index (χ0v) is 7.67. The SMILES string of the molecule is CC(C)[C@]12C[C@@H](O)[C@H](C)[C@H]1C2. The van der Waals surface area contributed by atoms with Crippen molar-refractivity contribution in [2.24, 2.45) is 23.2 Å². The van der Waals surface area contributed by atoms with Crippen LogP contribution in [0.25, 0.3) is 0 Å². The van der Waals surface area contributed by atoms with E-state index in [0.717, 1.165) is 18.3 Å². The van der Waals surface area contributed by atoms with Gasteiger partial charge in [-0.25, -0.2) is 0 Å². The fourth-order valence-corrected chi connectivity index (χ4v) is 3.04. The van der Waals surface area contributed by atoms with Gasteiger partial charge in [-0.2, -0.15) is 0 Å². The smallest absolute Gasteiger partial charge is 0.0574 e. The fraction of sp³-hybridized carbons (Fsp3) is 1.00. The Morgan fingerprint density at radius 1 is 1.36 bits per heavy atom. The topological polar surface area (TPSA) is 20.2 Å². The third-order valence-corrected chi connectivity index (χ3v) is 4.16. The lowest BCUT2D eigenvalue weighted by Gasteiger charge is -2.17. The summed E-state index contributed by atoms with van der Waals surface area (Å²) in [6, 6.07) is 0. The Balaban J connectivity index is 2.13. The van der Waals surface area contributed by atoms with Gasteiger partial charge in [-0.3, -0.25) is 0 Å². The third-order valence-electron chi connectivity index (χ3n) is 4.16. The van der Waals surface area contributed by atoms with Crippen molar-refractivity contribution in [1.29, 1.82) is 0 Å². The molecule has 0 aromatic rings. The Morgan fingerprint density at radius 3 is 2.27 bits per heavy atom. The van der Waals surface area contributed by atoms with Crippen LogP contribution in [0, 0.1) is 23.2 Å². The van der Waals surface area contributed by atoms with Gasteiger partial charge in [-0.15, -0.1) is 0 Å². The highest BCUT2D eigenvalue weighted by molar-refractivity contribution is 5.13. The third kappa shape index (κ3) is 0.807. The maximum Gasteiger partial charge on any atom is 0.0574 e. The summed E-state index contributed by atoms with van der Waals surface area (Å²) < 4.78 is 0. The van der Waals surface area contributed by atoms with Gasteiger partial charge >= 0.3 is 0 Å². The molecule has 64 valence electrons. The summed E-state index contributed by atoms with van der Waals surface area (Å²) in [5, 5.41) is 9.61. The van der Waals surface area contributed by atoms with Gasteiger partial charge in [0.2, 0.25) is 0 Å². The van der Waals surface area contributed by atoms with Crippen molar-refractivity contribution in [1.82, 2.24) is 0 Å². The van der Waals surface area contributed by atoms with Gasteiger partial charge in [0.25, 0.3) is 0 Å². The van der Waals surface area contributed by atoms with E-state index in [-0.39, 0.29) is 6.10 Å². The van der Waals surface area contributed by atoms with Crippen LogP contribution in [0.15, 0.2) is 0 Å². The van der Waals surface area contributed by atoms with Crippen molar-refractivity contribution in [3.05, 3.63) is 0 Å². The van der Waals surface area contributed by atoms with Gasteiger partial charge in [0.05, 0.1) is 6.10 Å². The van der Waals surface area contributed by atoms with E-state index in [9.17, 15) is 5.11 Å². The molecular weight excluding hydrogens is 136 g/mol. The van der Waals surface area contributed by atoms with Crippen LogP contribution in [0.1, 0.15) is 33.6 Å². The summed E-state index contributed by atoms with van der Waals surface area (Å²) >= 11 is 0. The Labute approximate surface area is 68.8 Å². The number of hydrogen-bond donors (Lipinski definition) is 1. The highest BCUT2D eigenvalue weighted by Crippen LogP contribution is 2.69. The normalized spacial score (nSPS) is 54.8. The second kappa shape index (κ2) is 2.01. The van der Waals surface area contributed by atoms with Gasteiger partial charge < -0.3 is 5.11 Å². The van der Waals surface area contributed by atoms with Crippen molar-refractivity contribution in [3.63, 3.8) is 0 Å². The minimum atomic E-state index is -0.00356. The summed E-state index contributed by atoms with van der Waals surface area (Å²) in [6.07, 6.45) is 2.44. The van der Waals surface area contributed by atoms with Crippen molar-refractivity contribution in [3.8, 4) is 0 Å². The number of hydrogen-bond acceptors (Lipinski definition) is 1. The molecule has 1 N–H and O–H groups in total. The van der Waals surface area contributed by atoms with Crippen LogP contribution < -0.4 is 0 Å². The Kier molecular flexibility index (Phi) is 1.39. The van der Waals surface area contributed by atoms with Gasteiger partial charge in [0, 0.05) is 0 Å². The van der Waals surface area contributed by atoms with Crippen LogP contribution in [0.2, 0.25) is 0 Å². The van der Waals surface area contributed by atoms with E-state index in [1.165, 1.54) is 6.42 Å². The molecule has 2 aliphatic carbocycles. The first-order chi connectivity index (χ1) is 5.08. The van der Waals surface area contributed by atoms with E-state index in [1.54, 1.807) is 0 Å². The van der Waals surface area contributed by atoms with Crippen LogP contribution in [-0.4, -0.2) is 11.2 Å². The number of aliphatic hydroxyl groups excluding tert-OH is 1. The monoisotopic (exact) mass is 154 g/mol. The summed E-state index contributed by atoms with van der Waals surface area (Å²) in [7, 11) is 0. The minimum Gasteiger partial charge on any atom is -0.393 e. The molecule has 1 heteroatoms. The Bertz CT molecular complexity index is 176. The average Bonchev–Trinajstić information content (AvgIpc) is 2.57. The van der Waals surface area contributed by atoms with Crippen molar-refractivity contribution >= 4 is 0 Å². The van der Waals surface area contributed by atoms with E-state index in [4.69, 9.17) is 0 Å². The van der Waals surface area contributed by atoms with E-state index in [0.29, 0.717) is 11.3 Å². The molecule has 2 fully saturated rings. The molecule has 11 heavy (non-hydrogen) atoms. The molecule has 0 aromatic heterocycles. The largest absolute Gasteiger partial charge is 0.393 e. The quantitative estimate of drug-likeness (QED) is 0.613. The summed E-state index contributed by atoms with van der Waals surface area (Å²) in [5.41, 5.74) is 0.554. The van der Waals surface area contributed by atoms with Gasteiger partial charge in [-0.05, 0) is 36.0 Å². The first-order valence-corrected chi connectivity index (χ1v) is 4.76. The van der Waals surface area contributed by atoms with Crippen LogP contribution in [0.3, 0.4) is 0 Å². The highest BCUT2D eigenvalue weighted by Gasteiger charge is 2.64. The van der Waals surface area contributed by atoms with Crippen LogP contribution >= 0.6 is 0 Å². The van der Waals surface area contributed by atoms with E-state index >= 15 is 0 Å². The van der Waals surface area contributed by atoms with E-state index in [2.05, 4.69) is 20.8 Å². The zero-order chi connectivity index (χ0) is 8.22.